The minimum atomic E-state index is -0.120. The Kier molecular flexibility index (Phi) is 5.45. The number of nitrogens with zero attached hydrogens (tertiary/aromatic N) is 3. The lowest BCUT2D eigenvalue weighted by atomic mass is 9.96. The van der Waals surface area contributed by atoms with Gasteiger partial charge in [0, 0.05) is 26.7 Å². The molecule has 0 radical (unpaired) electrons. The van der Waals surface area contributed by atoms with Crippen LogP contribution in [0.15, 0.2) is 12.7 Å². The summed E-state index contributed by atoms with van der Waals surface area (Å²) in [6.07, 6.45) is 2.71. The van der Waals surface area contributed by atoms with Crippen molar-refractivity contribution in [2.75, 3.05) is 34.0 Å². The summed E-state index contributed by atoms with van der Waals surface area (Å²) < 4.78 is 17.7. The van der Waals surface area contributed by atoms with Crippen LogP contribution in [-0.4, -0.2) is 66.9 Å². The predicted molar refractivity (Wildman–Crippen MR) is 68.9 cm³/mol. The number of carbonyl (C=O) groups is 1. The summed E-state index contributed by atoms with van der Waals surface area (Å²) in [5.41, 5.74) is 0. The van der Waals surface area contributed by atoms with Crippen LogP contribution in [0.4, 0.5) is 0 Å². The van der Waals surface area contributed by atoms with E-state index in [-0.39, 0.29) is 30.6 Å². The van der Waals surface area contributed by atoms with Gasteiger partial charge < -0.3 is 19.5 Å². The van der Waals surface area contributed by atoms with E-state index in [0.29, 0.717) is 19.8 Å². The van der Waals surface area contributed by atoms with E-state index < -0.39 is 0 Å². The number of carbonyl (C=O) groups excluding carboxylic acids is 1. The lowest BCUT2D eigenvalue weighted by Gasteiger charge is -2.36. The Balaban J connectivity index is 1.81. The average molecular weight is 284 g/mol. The number of rotatable bonds is 6. The van der Waals surface area contributed by atoms with Crippen LogP contribution in [0, 0.1) is 5.92 Å². The van der Waals surface area contributed by atoms with Gasteiger partial charge in [0.25, 0.3) is 0 Å². The molecule has 20 heavy (non-hydrogen) atoms. The van der Waals surface area contributed by atoms with Crippen molar-refractivity contribution in [1.82, 2.24) is 20.1 Å². The van der Waals surface area contributed by atoms with Gasteiger partial charge in [-0.2, -0.15) is 5.10 Å². The molecule has 1 saturated heterocycles. The highest BCUT2D eigenvalue weighted by atomic mass is 16.6. The van der Waals surface area contributed by atoms with Crippen molar-refractivity contribution in [2.45, 2.75) is 18.8 Å². The highest BCUT2D eigenvalue weighted by Crippen LogP contribution is 2.19. The summed E-state index contributed by atoms with van der Waals surface area (Å²) in [5, 5.41) is 6.74. The predicted octanol–water partition coefficient (Wildman–Crippen LogP) is -0.929. The quantitative estimate of drug-likeness (QED) is 0.726. The third-order valence-electron chi connectivity index (χ3n) is 3.35. The molecule has 3 atom stereocenters. The highest BCUT2D eigenvalue weighted by Gasteiger charge is 2.34. The van der Waals surface area contributed by atoms with Gasteiger partial charge in [-0.3, -0.25) is 4.79 Å². The van der Waals surface area contributed by atoms with Crippen molar-refractivity contribution in [2.24, 2.45) is 5.92 Å². The molecule has 0 unspecified atom stereocenters. The number of amides is 1. The average Bonchev–Trinajstić information content (AvgIpc) is 2.97. The minimum Gasteiger partial charge on any atom is -0.378 e. The Morgan fingerprint density at radius 1 is 1.45 bits per heavy atom. The second-order valence-corrected chi connectivity index (χ2v) is 4.67. The van der Waals surface area contributed by atoms with Crippen molar-refractivity contribution in [3.63, 3.8) is 0 Å². The van der Waals surface area contributed by atoms with Crippen LogP contribution in [0.5, 0.6) is 0 Å². The Hall–Kier alpha value is -1.51. The number of hydrogen-bond acceptors (Lipinski definition) is 6. The molecule has 2 rings (SSSR count). The monoisotopic (exact) mass is 284 g/mol. The Morgan fingerprint density at radius 3 is 2.95 bits per heavy atom. The first-order chi connectivity index (χ1) is 9.74. The maximum atomic E-state index is 11.8. The largest absolute Gasteiger partial charge is 0.378 e. The molecule has 0 aliphatic carbocycles. The summed E-state index contributed by atoms with van der Waals surface area (Å²) in [6.45, 7) is 1.69. The zero-order valence-electron chi connectivity index (χ0n) is 11.7. The van der Waals surface area contributed by atoms with Gasteiger partial charge in [0.2, 0.25) is 5.91 Å². The van der Waals surface area contributed by atoms with Crippen LogP contribution >= 0.6 is 0 Å². The Bertz CT molecular complexity index is 412. The maximum absolute atomic E-state index is 11.8. The normalized spacial score (nSPS) is 26.4. The molecule has 0 aromatic carbocycles. The molecule has 0 spiro atoms. The molecule has 1 aromatic rings. The zero-order chi connectivity index (χ0) is 14.4. The van der Waals surface area contributed by atoms with E-state index in [1.54, 1.807) is 14.2 Å². The molecule has 1 amide bonds. The maximum Gasteiger partial charge on any atom is 0.241 e. The van der Waals surface area contributed by atoms with E-state index in [2.05, 4.69) is 15.4 Å². The lowest BCUT2D eigenvalue weighted by molar-refractivity contribution is -0.147. The summed E-state index contributed by atoms with van der Waals surface area (Å²) in [7, 11) is 3.28. The second kappa shape index (κ2) is 7.32. The molecule has 0 saturated carbocycles. The molecule has 112 valence electrons. The second-order valence-electron chi connectivity index (χ2n) is 4.67. The number of aromatic nitrogens is 3. The van der Waals surface area contributed by atoms with E-state index in [9.17, 15) is 4.79 Å². The van der Waals surface area contributed by atoms with Gasteiger partial charge in [-0.25, -0.2) is 9.67 Å². The molecule has 8 heteroatoms. The van der Waals surface area contributed by atoms with Gasteiger partial charge in [0.15, 0.2) is 0 Å². The van der Waals surface area contributed by atoms with Crippen molar-refractivity contribution in [1.29, 1.82) is 0 Å². The SMILES string of the molecule is CO[C@H]1[C@H](CNC(=O)Cn2cncn2)COC[C@H]1OC. The number of methoxy groups -OCH3 is 2. The fraction of sp³-hybridized carbons (Fsp3) is 0.750. The molecule has 2 heterocycles. The third-order valence-corrected chi connectivity index (χ3v) is 3.35. The first kappa shape index (κ1) is 14.9. The van der Waals surface area contributed by atoms with Gasteiger partial charge in [-0.1, -0.05) is 0 Å². The van der Waals surface area contributed by atoms with E-state index in [0.717, 1.165) is 0 Å². The van der Waals surface area contributed by atoms with Crippen LogP contribution in [-0.2, 0) is 25.5 Å². The standard InChI is InChI=1S/C12H20N4O4/c1-18-10-6-20-5-9(12(10)19-2)3-14-11(17)4-16-8-13-7-15-16/h7-10,12H,3-6H2,1-2H3,(H,14,17)/t9-,10-,12+/m1/s1. The Morgan fingerprint density at radius 2 is 2.30 bits per heavy atom. The molecule has 1 aliphatic rings. The molecule has 1 fully saturated rings. The molecule has 1 aliphatic heterocycles. The van der Waals surface area contributed by atoms with Gasteiger partial charge in [0.05, 0.1) is 19.3 Å². The minimum absolute atomic E-state index is 0.0680. The fourth-order valence-corrected chi connectivity index (χ4v) is 2.31. The first-order valence-electron chi connectivity index (χ1n) is 6.47. The highest BCUT2D eigenvalue weighted by molar-refractivity contribution is 5.75. The molecule has 1 aromatic heterocycles. The van der Waals surface area contributed by atoms with Crippen LogP contribution in [0.1, 0.15) is 0 Å². The Labute approximate surface area is 117 Å². The summed E-state index contributed by atoms with van der Waals surface area (Å²) in [5.74, 6) is -0.0525. The van der Waals surface area contributed by atoms with Gasteiger partial charge in [0.1, 0.15) is 25.3 Å². The summed E-state index contributed by atoms with van der Waals surface area (Å²) >= 11 is 0. The van der Waals surface area contributed by atoms with Crippen molar-refractivity contribution >= 4 is 5.91 Å². The molecule has 8 nitrogen and oxygen atoms in total. The van der Waals surface area contributed by atoms with Crippen molar-refractivity contribution in [3.8, 4) is 0 Å². The van der Waals surface area contributed by atoms with Crippen molar-refractivity contribution < 1.29 is 19.0 Å². The zero-order valence-corrected chi connectivity index (χ0v) is 11.7. The number of hydrogen-bond donors (Lipinski definition) is 1. The van der Waals surface area contributed by atoms with Crippen LogP contribution in [0.25, 0.3) is 0 Å². The van der Waals surface area contributed by atoms with E-state index in [1.165, 1.54) is 17.3 Å². The molecular weight excluding hydrogens is 264 g/mol. The molecule has 1 N–H and O–H groups in total. The molecular formula is C12H20N4O4. The van der Waals surface area contributed by atoms with Crippen LogP contribution < -0.4 is 5.32 Å². The first-order valence-corrected chi connectivity index (χ1v) is 6.47. The van der Waals surface area contributed by atoms with Crippen LogP contribution in [0.3, 0.4) is 0 Å². The van der Waals surface area contributed by atoms with E-state index in [1.807, 2.05) is 0 Å². The van der Waals surface area contributed by atoms with Gasteiger partial charge in [-0.05, 0) is 0 Å². The topological polar surface area (TPSA) is 87.5 Å². The van der Waals surface area contributed by atoms with Gasteiger partial charge >= 0.3 is 0 Å². The van der Waals surface area contributed by atoms with Gasteiger partial charge in [-0.15, -0.1) is 0 Å². The van der Waals surface area contributed by atoms with E-state index >= 15 is 0 Å². The molecule has 0 bridgehead atoms. The lowest BCUT2D eigenvalue weighted by Crippen LogP contribution is -2.50. The number of ether oxygens (including phenoxy) is 3. The fourth-order valence-electron chi connectivity index (χ4n) is 2.31. The third kappa shape index (κ3) is 3.75. The summed E-state index contributed by atoms with van der Waals surface area (Å²) in [6, 6.07) is 0. The van der Waals surface area contributed by atoms with Crippen molar-refractivity contribution in [3.05, 3.63) is 12.7 Å². The smallest absolute Gasteiger partial charge is 0.241 e. The summed E-state index contributed by atoms with van der Waals surface area (Å²) in [4.78, 5) is 15.6. The van der Waals surface area contributed by atoms with E-state index in [4.69, 9.17) is 14.2 Å². The van der Waals surface area contributed by atoms with Crippen LogP contribution in [0.2, 0.25) is 0 Å². The number of nitrogens with one attached hydrogen (secondary N) is 1.